The van der Waals surface area contributed by atoms with Crippen molar-refractivity contribution in [2.24, 2.45) is 11.8 Å². The number of alkyl halides is 6. The lowest BCUT2D eigenvalue weighted by Crippen LogP contribution is -2.39. The van der Waals surface area contributed by atoms with Crippen LogP contribution in [0.2, 0.25) is 5.02 Å². The number of hydrogen-bond acceptors (Lipinski definition) is 2. The van der Waals surface area contributed by atoms with Crippen molar-refractivity contribution < 1.29 is 36.2 Å². The molecule has 1 saturated heterocycles. The Labute approximate surface area is 192 Å². The topological polar surface area (TPSA) is 40.5 Å². The molecule has 0 spiro atoms. The van der Waals surface area contributed by atoms with Crippen molar-refractivity contribution >= 4 is 17.6 Å². The highest BCUT2D eigenvalue weighted by atomic mass is 35.5. The minimum absolute atomic E-state index is 0.0443. The molecule has 0 radical (unpaired) electrons. The Morgan fingerprint density at radius 2 is 1.64 bits per heavy atom. The second-order valence-corrected chi connectivity index (χ2v) is 8.73. The number of carboxylic acid groups (broad SMARTS) is 1. The van der Waals surface area contributed by atoms with Gasteiger partial charge in [0.1, 0.15) is 0 Å². The maximum Gasteiger partial charge on any atom is 0.416 e. The van der Waals surface area contributed by atoms with Crippen molar-refractivity contribution in [3.63, 3.8) is 0 Å². The Morgan fingerprint density at radius 3 is 2.18 bits per heavy atom. The van der Waals surface area contributed by atoms with E-state index in [-0.39, 0.29) is 23.0 Å². The van der Waals surface area contributed by atoms with Crippen LogP contribution in [0.1, 0.15) is 48.1 Å². The molecule has 1 heterocycles. The fraction of sp³-hybridized carbons (Fsp3) is 0.435. The number of likely N-dealkylation sites (tertiary alicyclic amines) is 1. The summed E-state index contributed by atoms with van der Waals surface area (Å²) in [5.74, 6) is -1.87. The number of rotatable bonds is 5. The zero-order valence-electron chi connectivity index (χ0n) is 17.6. The number of piperidine rings is 1. The van der Waals surface area contributed by atoms with Crippen LogP contribution >= 0.6 is 11.6 Å². The van der Waals surface area contributed by atoms with Gasteiger partial charge in [-0.3, -0.25) is 9.69 Å². The van der Waals surface area contributed by atoms with Crippen molar-refractivity contribution in [1.82, 2.24) is 4.90 Å². The number of benzene rings is 2. The normalized spacial score (nSPS) is 21.1. The monoisotopic (exact) mass is 493 g/mol. The van der Waals surface area contributed by atoms with Crippen molar-refractivity contribution in [1.29, 1.82) is 0 Å². The summed E-state index contributed by atoms with van der Waals surface area (Å²) in [4.78, 5) is 13.3. The number of halogens is 7. The minimum Gasteiger partial charge on any atom is -0.481 e. The number of aliphatic carboxylic acids is 1. The summed E-state index contributed by atoms with van der Waals surface area (Å²) in [6.07, 6.45) is -8.22. The van der Waals surface area contributed by atoms with Crippen LogP contribution in [0, 0.1) is 11.8 Å². The first-order chi connectivity index (χ1) is 15.3. The molecule has 0 bridgehead atoms. The van der Waals surface area contributed by atoms with E-state index >= 15 is 0 Å². The SMILES string of the molecule is CC(C(=O)O)[C@H]1CCN(Cc2cc(C(F)(F)F)ccc2Cl)[C@@H](c2ccc(C(F)(F)F)cc2)C1. The highest BCUT2D eigenvalue weighted by molar-refractivity contribution is 6.31. The van der Waals surface area contributed by atoms with Crippen LogP contribution in [-0.4, -0.2) is 22.5 Å². The predicted octanol–water partition coefficient (Wildman–Crippen LogP) is 7.05. The minimum atomic E-state index is -4.55. The molecule has 1 aliphatic rings. The molecule has 1 N–H and O–H groups in total. The fourth-order valence-corrected chi connectivity index (χ4v) is 4.40. The van der Waals surface area contributed by atoms with Crippen molar-refractivity contribution in [3.8, 4) is 0 Å². The van der Waals surface area contributed by atoms with Crippen LogP contribution in [0.15, 0.2) is 42.5 Å². The summed E-state index contributed by atoms with van der Waals surface area (Å²) in [7, 11) is 0. The van der Waals surface area contributed by atoms with Gasteiger partial charge >= 0.3 is 18.3 Å². The molecule has 2 aromatic rings. The van der Waals surface area contributed by atoms with Gasteiger partial charge in [-0.2, -0.15) is 26.3 Å². The van der Waals surface area contributed by atoms with E-state index < -0.39 is 41.4 Å². The first kappa shape index (κ1) is 25.4. The molecule has 1 fully saturated rings. The van der Waals surface area contributed by atoms with E-state index in [1.165, 1.54) is 18.2 Å². The third-order valence-corrected chi connectivity index (χ3v) is 6.59. The fourth-order valence-electron chi connectivity index (χ4n) is 4.22. The van der Waals surface area contributed by atoms with E-state index in [9.17, 15) is 36.2 Å². The molecule has 1 unspecified atom stereocenters. The van der Waals surface area contributed by atoms with E-state index in [0.29, 0.717) is 24.9 Å². The summed E-state index contributed by atoms with van der Waals surface area (Å²) in [6, 6.07) is 7.14. The second kappa shape index (κ2) is 9.54. The summed E-state index contributed by atoms with van der Waals surface area (Å²) in [6.45, 7) is 1.99. The van der Waals surface area contributed by atoms with Gasteiger partial charge in [-0.05, 0) is 66.8 Å². The second-order valence-electron chi connectivity index (χ2n) is 8.32. The molecule has 0 aliphatic carbocycles. The summed E-state index contributed by atoms with van der Waals surface area (Å²) in [5.41, 5.74) is -0.881. The van der Waals surface area contributed by atoms with Crippen LogP contribution in [0.3, 0.4) is 0 Å². The highest BCUT2D eigenvalue weighted by Crippen LogP contribution is 2.41. The third kappa shape index (κ3) is 6.00. The largest absolute Gasteiger partial charge is 0.481 e. The van der Waals surface area contributed by atoms with Gasteiger partial charge in [0.25, 0.3) is 0 Å². The van der Waals surface area contributed by atoms with Gasteiger partial charge in [0.2, 0.25) is 0 Å². The number of carbonyl (C=O) groups is 1. The van der Waals surface area contributed by atoms with Gasteiger partial charge in [-0.15, -0.1) is 0 Å². The van der Waals surface area contributed by atoms with Gasteiger partial charge in [0, 0.05) is 17.6 Å². The van der Waals surface area contributed by atoms with Gasteiger partial charge in [0.05, 0.1) is 17.0 Å². The zero-order valence-corrected chi connectivity index (χ0v) is 18.3. The average Bonchev–Trinajstić information content (AvgIpc) is 2.73. The predicted molar refractivity (Wildman–Crippen MR) is 111 cm³/mol. The molecule has 2 aromatic carbocycles. The smallest absolute Gasteiger partial charge is 0.416 e. The molecule has 3 nitrogen and oxygen atoms in total. The van der Waals surface area contributed by atoms with Crippen LogP contribution < -0.4 is 0 Å². The van der Waals surface area contributed by atoms with E-state index in [0.717, 1.165) is 24.3 Å². The summed E-state index contributed by atoms with van der Waals surface area (Å²) in [5, 5.41) is 9.55. The lowest BCUT2D eigenvalue weighted by molar-refractivity contribution is -0.144. The van der Waals surface area contributed by atoms with Crippen LogP contribution in [0.5, 0.6) is 0 Å². The zero-order chi connectivity index (χ0) is 24.6. The lowest BCUT2D eigenvalue weighted by Gasteiger charge is -2.41. The van der Waals surface area contributed by atoms with Gasteiger partial charge in [0.15, 0.2) is 0 Å². The molecule has 33 heavy (non-hydrogen) atoms. The van der Waals surface area contributed by atoms with Gasteiger partial charge < -0.3 is 5.11 Å². The van der Waals surface area contributed by atoms with Crippen molar-refractivity contribution in [2.75, 3.05) is 6.54 Å². The van der Waals surface area contributed by atoms with Crippen LogP contribution in [-0.2, 0) is 23.7 Å². The van der Waals surface area contributed by atoms with E-state index in [1.807, 2.05) is 4.90 Å². The maximum absolute atomic E-state index is 13.2. The quantitative estimate of drug-likeness (QED) is 0.454. The van der Waals surface area contributed by atoms with Gasteiger partial charge in [-0.1, -0.05) is 30.7 Å². The molecule has 3 rings (SSSR count). The van der Waals surface area contributed by atoms with Gasteiger partial charge in [-0.25, -0.2) is 0 Å². The number of hydrogen-bond donors (Lipinski definition) is 1. The van der Waals surface area contributed by atoms with Crippen molar-refractivity contribution in [3.05, 3.63) is 69.7 Å². The third-order valence-electron chi connectivity index (χ3n) is 6.22. The molecule has 1 aliphatic heterocycles. The maximum atomic E-state index is 13.2. The Hall–Kier alpha value is -2.26. The standard InChI is InChI=1S/C23H22ClF6NO2/c1-13(21(32)33)15-8-9-31(12-16-10-18(23(28,29)30)6-7-19(16)24)20(11-15)14-2-4-17(5-3-14)22(25,26)27/h2-7,10,13,15,20H,8-9,11-12H2,1H3,(H,32,33)/t13?,15-,20+/m0/s1. The Bertz CT molecular complexity index is 990. The Kier molecular flexibility index (Phi) is 7.33. The molecule has 3 atom stereocenters. The van der Waals surface area contributed by atoms with Crippen LogP contribution in [0.25, 0.3) is 0 Å². The summed E-state index contributed by atoms with van der Waals surface area (Å²) >= 11 is 6.15. The molecular formula is C23H22ClF6NO2. The molecule has 0 aromatic heterocycles. The Morgan fingerprint density at radius 1 is 1.06 bits per heavy atom. The first-order valence-electron chi connectivity index (χ1n) is 10.3. The van der Waals surface area contributed by atoms with E-state index in [2.05, 4.69) is 0 Å². The van der Waals surface area contributed by atoms with Crippen molar-refractivity contribution in [2.45, 2.75) is 44.7 Å². The van der Waals surface area contributed by atoms with Crippen LogP contribution in [0.4, 0.5) is 26.3 Å². The number of carboxylic acids is 1. The molecular weight excluding hydrogens is 472 g/mol. The molecule has 10 heteroatoms. The molecule has 180 valence electrons. The van der Waals surface area contributed by atoms with E-state index in [4.69, 9.17) is 11.6 Å². The molecule has 0 amide bonds. The lowest BCUT2D eigenvalue weighted by atomic mass is 9.79. The number of nitrogens with zero attached hydrogens (tertiary/aromatic N) is 1. The highest BCUT2D eigenvalue weighted by Gasteiger charge is 2.36. The average molecular weight is 494 g/mol. The Balaban J connectivity index is 1.93. The molecule has 0 saturated carbocycles. The first-order valence-corrected chi connectivity index (χ1v) is 10.6. The van der Waals surface area contributed by atoms with E-state index in [1.54, 1.807) is 6.92 Å². The summed E-state index contributed by atoms with van der Waals surface area (Å²) < 4.78 is 78.4.